The summed E-state index contributed by atoms with van der Waals surface area (Å²) >= 11 is 0. The SMILES string of the molecule is Cc1nc(N)c2c(n1)OC(C)(C)C(c1ccc([C@H]3CC[C@H](Cc4nc(=O)[nH]n4C)CC3)cc1)=N2. The minimum atomic E-state index is -0.633. The van der Waals surface area contributed by atoms with E-state index in [1.807, 2.05) is 20.9 Å². The Morgan fingerprint density at radius 1 is 1.12 bits per heavy atom. The average Bonchev–Trinajstić information content (AvgIpc) is 3.09. The number of nitrogen functional groups attached to an aromatic ring is 1. The first-order chi connectivity index (χ1) is 16.2. The Morgan fingerprint density at radius 3 is 2.47 bits per heavy atom. The van der Waals surface area contributed by atoms with Gasteiger partial charge in [-0.1, -0.05) is 24.3 Å². The van der Waals surface area contributed by atoms with Crippen LogP contribution in [0, 0.1) is 12.8 Å². The van der Waals surface area contributed by atoms with Crippen LogP contribution in [0.3, 0.4) is 0 Å². The van der Waals surface area contributed by atoms with Gasteiger partial charge in [-0.25, -0.2) is 19.9 Å². The molecule has 3 heterocycles. The average molecular weight is 462 g/mol. The van der Waals surface area contributed by atoms with Crippen molar-refractivity contribution in [3.05, 3.63) is 57.5 Å². The molecule has 1 aliphatic heterocycles. The normalized spacial score (nSPS) is 21.5. The van der Waals surface area contributed by atoms with E-state index in [1.165, 1.54) is 5.56 Å². The molecular weight excluding hydrogens is 430 g/mol. The Labute approximate surface area is 198 Å². The highest BCUT2D eigenvalue weighted by Crippen LogP contribution is 2.40. The van der Waals surface area contributed by atoms with Crippen molar-refractivity contribution < 1.29 is 4.74 Å². The number of aromatic nitrogens is 5. The van der Waals surface area contributed by atoms with Crippen LogP contribution in [0.1, 0.15) is 68.2 Å². The number of H-pyrrole nitrogens is 1. The molecule has 9 nitrogen and oxygen atoms in total. The van der Waals surface area contributed by atoms with Crippen molar-refractivity contribution in [2.45, 2.75) is 64.4 Å². The Kier molecular flexibility index (Phi) is 5.50. The number of benzene rings is 1. The number of ether oxygens (including phenoxy) is 1. The summed E-state index contributed by atoms with van der Waals surface area (Å²) in [5.41, 5.74) is 8.87. The van der Waals surface area contributed by atoms with Gasteiger partial charge in [0, 0.05) is 19.0 Å². The van der Waals surface area contributed by atoms with E-state index in [2.05, 4.69) is 44.3 Å². The fourth-order valence-electron chi connectivity index (χ4n) is 5.17. The van der Waals surface area contributed by atoms with Crippen LogP contribution in [-0.4, -0.2) is 36.0 Å². The molecule has 5 rings (SSSR count). The lowest BCUT2D eigenvalue weighted by atomic mass is 9.77. The number of hydrogen-bond acceptors (Lipinski definition) is 7. The number of aromatic amines is 1. The highest BCUT2D eigenvalue weighted by Gasteiger charge is 2.35. The molecule has 0 bridgehead atoms. The van der Waals surface area contributed by atoms with E-state index in [1.54, 1.807) is 11.6 Å². The highest BCUT2D eigenvalue weighted by atomic mass is 16.5. The van der Waals surface area contributed by atoms with E-state index in [0.29, 0.717) is 35.0 Å². The predicted molar refractivity (Wildman–Crippen MR) is 131 cm³/mol. The van der Waals surface area contributed by atoms with Crippen molar-refractivity contribution in [3.63, 3.8) is 0 Å². The van der Waals surface area contributed by atoms with Gasteiger partial charge in [0.15, 0.2) is 11.5 Å². The zero-order valence-electron chi connectivity index (χ0n) is 20.1. The van der Waals surface area contributed by atoms with Gasteiger partial charge in [-0.3, -0.25) is 4.68 Å². The molecule has 178 valence electrons. The second-order valence-electron chi connectivity index (χ2n) is 9.93. The number of fused-ring (bicyclic) bond motifs is 1. The van der Waals surface area contributed by atoms with Crippen LogP contribution in [0.15, 0.2) is 34.1 Å². The summed E-state index contributed by atoms with van der Waals surface area (Å²) in [5.74, 6) is 3.28. The molecule has 0 amide bonds. The number of hydrogen-bond donors (Lipinski definition) is 2. The minimum absolute atomic E-state index is 0.267. The largest absolute Gasteiger partial charge is 0.463 e. The van der Waals surface area contributed by atoms with E-state index in [4.69, 9.17) is 15.5 Å². The van der Waals surface area contributed by atoms with Crippen LogP contribution in [0.2, 0.25) is 0 Å². The molecule has 1 aromatic carbocycles. The number of rotatable bonds is 4. The summed E-state index contributed by atoms with van der Waals surface area (Å²) in [6.07, 6.45) is 5.40. The first-order valence-corrected chi connectivity index (χ1v) is 11.8. The lowest BCUT2D eigenvalue weighted by molar-refractivity contribution is 0.171. The summed E-state index contributed by atoms with van der Waals surface area (Å²) in [4.78, 5) is 29.0. The standard InChI is InChI=1S/C25H31N7O2/c1-14-27-22(26)20-23(28-14)34-25(2,3)21(30-20)18-11-9-17(10-12-18)16-7-5-15(6-8-16)13-19-29-24(33)31-32(19)4/h9-12,15-16H,5-8,13H2,1-4H3,(H,31,33)(H2,26,27,28)/t15-,16-. The first kappa shape index (κ1) is 22.3. The Bertz CT molecular complexity index is 1300. The molecule has 1 saturated carbocycles. The maximum atomic E-state index is 11.4. The van der Waals surface area contributed by atoms with Crippen molar-refractivity contribution in [1.29, 1.82) is 0 Å². The number of aliphatic imine (C=N–C) groups is 1. The molecule has 3 N–H and O–H groups in total. The third-order valence-corrected chi connectivity index (χ3v) is 6.99. The van der Waals surface area contributed by atoms with Crippen LogP contribution in [0.25, 0.3) is 0 Å². The second-order valence-corrected chi connectivity index (χ2v) is 9.93. The molecule has 1 fully saturated rings. The fraction of sp³-hybridized carbons (Fsp3) is 0.480. The summed E-state index contributed by atoms with van der Waals surface area (Å²) < 4.78 is 7.92. The number of nitrogens with two attached hydrogens (primary N) is 1. The first-order valence-electron chi connectivity index (χ1n) is 11.8. The van der Waals surface area contributed by atoms with Crippen molar-refractivity contribution in [2.75, 3.05) is 5.73 Å². The molecule has 0 saturated heterocycles. The molecule has 3 aromatic rings. The van der Waals surface area contributed by atoms with Crippen LogP contribution < -0.4 is 16.2 Å². The molecule has 2 aliphatic rings. The van der Waals surface area contributed by atoms with Crippen molar-refractivity contribution in [2.24, 2.45) is 18.0 Å². The van der Waals surface area contributed by atoms with Crippen molar-refractivity contribution in [3.8, 4) is 5.88 Å². The molecule has 0 spiro atoms. The zero-order chi connectivity index (χ0) is 24.0. The molecule has 1 aliphatic carbocycles. The van der Waals surface area contributed by atoms with Gasteiger partial charge in [-0.15, -0.1) is 0 Å². The Morgan fingerprint density at radius 2 is 1.82 bits per heavy atom. The van der Waals surface area contributed by atoms with Crippen LogP contribution in [0.5, 0.6) is 5.88 Å². The maximum absolute atomic E-state index is 11.4. The lowest BCUT2D eigenvalue weighted by Crippen LogP contribution is -2.41. The van der Waals surface area contributed by atoms with Crippen molar-refractivity contribution >= 4 is 17.2 Å². The zero-order valence-corrected chi connectivity index (χ0v) is 20.1. The summed E-state index contributed by atoms with van der Waals surface area (Å²) in [5, 5.41) is 2.70. The van der Waals surface area contributed by atoms with Gasteiger partial charge in [-0.05, 0) is 63.9 Å². The van der Waals surface area contributed by atoms with E-state index in [9.17, 15) is 4.79 Å². The second kappa shape index (κ2) is 8.38. The maximum Gasteiger partial charge on any atom is 0.361 e. The molecule has 34 heavy (non-hydrogen) atoms. The summed E-state index contributed by atoms with van der Waals surface area (Å²) in [6.45, 7) is 5.78. The van der Waals surface area contributed by atoms with Gasteiger partial charge in [-0.2, -0.15) is 9.97 Å². The quantitative estimate of drug-likeness (QED) is 0.612. The predicted octanol–water partition coefficient (Wildman–Crippen LogP) is 3.60. The third kappa shape index (κ3) is 4.22. The van der Waals surface area contributed by atoms with Gasteiger partial charge in [0.25, 0.3) is 0 Å². The molecule has 0 unspecified atom stereocenters. The number of nitrogens with zero attached hydrogens (tertiary/aromatic N) is 5. The fourth-order valence-corrected chi connectivity index (χ4v) is 5.17. The van der Waals surface area contributed by atoms with Gasteiger partial charge >= 0.3 is 5.69 Å². The minimum Gasteiger partial charge on any atom is -0.463 e. The third-order valence-electron chi connectivity index (χ3n) is 6.99. The Hall–Kier alpha value is -3.49. The Balaban J connectivity index is 1.30. The van der Waals surface area contributed by atoms with E-state index in [0.717, 1.165) is 49.2 Å². The summed E-state index contributed by atoms with van der Waals surface area (Å²) in [6, 6.07) is 8.67. The van der Waals surface area contributed by atoms with Gasteiger partial charge < -0.3 is 10.5 Å². The van der Waals surface area contributed by atoms with E-state index in [-0.39, 0.29) is 5.69 Å². The van der Waals surface area contributed by atoms with Crippen LogP contribution >= 0.6 is 0 Å². The van der Waals surface area contributed by atoms with Gasteiger partial charge in [0.2, 0.25) is 5.88 Å². The monoisotopic (exact) mass is 461 g/mol. The molecular formula is C25H31N7O2. The molecule has 0 atom stereocenters. The van der Waals surface area contributed by atoms with E-state index < -0.39 is 5.60 Å². The molecule has 9 heteroatoms. The van der Waals surface area contributed by atoms with Gasteiger partial charge in [0.05, 0.1) is 5.71 Å². The van der Waals surface area contributed by atoms with Crippen molar-refractivity contribution in [1.82, 2.24) is 24.7 Å². The lowest BCUT2D eigenvalue weighted by Gasteiger charge is -2.32. The van der Waals surface area contributed by atoms with Crippen LogP contribution in [-0.2, 0) is 13.5 Å². The van der Waals surface area contributed by atoms with Gasteiger partial charge in [0.1, 0.15) is 17.2 Å². The number of anilines is 1. The molecule has 2 aromatic heterocycles. The van der Waals surface area contributed by atoms with E-state index >= 15 is 0 Å². The number of nitrogens with one attached hydrogen (secondary N) is 1. The highest BCUT2D eigenvalue weighted by molar-refractivity contribution is 6.09. The smallest absolute Gasteiger partial charge is 0.361 e. The number of aryl methyl sites for hydroxylation is 2. The summed E-state index contributed by atoms with van der Waals surface area (Å²) in [7, 11) is 1.85. The molecule has 0 radical (unpaired) electrons. The topological polar surface area (TPSA) is 124 Å². The van der Waals surface area contributed by atoms with Crippen LogP contribution in [0.4, 0.5) is 11.5 Å².